The highest BCUT2D eigenvalue weighted by atomic mass is 15.2. The summed E-state index contributed by atoms with van der Waals surface area (Å²) in [6.45, 7) is 37.9. The highest BCUT2D eigenvalue weighted by Gasteiger charge is 2.29. The maximum Gasteiger partial charge on any atom is 0.0463 e. The Bertz CT molecular complexity index is 2090. The van der Waals surface area contributed by atoms with Gasteiger partial charge in [-0.25, -0.2) is 0 Å². The summed E-state index contributed by atoms with van der Waals surface area (Å²) in [5.41, 5.74) is 12.4. The summed E-state index contributed by atoms with van der Waals surface area (Å²) in [5.74, 6) is 0. The van der Waals surface area contributed by atoms with Crippen LogP contribution in [0.15, 0.2) is 121 Å². The molecule has 0 radical (unpaired) electrons. The van der Waals surface area contributed by atoms with Gasteiger partial charge in [0.05, 0.1) is 0 Å². The average Bonchev–Trinajstić information content (AvgIpc) is 3.59. The zero-order valence-corrected chi connectivity index (χ0v) is 56.8. The van der Waals surface area contributed by atoms with Crippen molar-refractivity contribution in [3.05, 3.63) is 121 Å². The largest absolute Gasteiger partial charge is 0.366 e. The van der Waals surface area contributed by atoms with E-state index in [-0.39, 0.29) is 0 Å². The second-order valence-electron chi connectivity index (χ2n) is 24.7. The molecule has 6 nitrogen and oxygen atoms in total. The van der Waals surface area contributed by atoms with E-state index in [2.05, 4.69) is 262 Å². The number of rotatable bonds is 42. The number of nitrogens with zero attached hydrogens (tertiary/aromatic N) is 6. The highest BCUT2D eigenvalue weighted by Crippen LogP contribution is 2.43. The Morgan fingerprint density at radius 2 is 0.286 bits per heavy atom. The summed E-state index contributed by atoms with van der Waals surface area (Å²) in [4.78, 5) is 16.2. The van der Waals surface area contributed by atoms with Crippen molar-refractivity contribution in [1.82, 2.24) is 0 Å². The Kier molecular flexibility index (Phi) is 31.1. The van der Waals surface area contributed by atoms with Crippen molar-refractivity contribution in [2.24, 2.45) is 0 Å². The van der Waals surface area contributed by atoms with Gasteiger partial charge in [0.15, 0.2) is 0 Å². The molecule has 0 amide bonds. The molecule has 5 aromatic carbocycles. The Hall–Kier alpha value is -5.10. The van der Waals surface area contributed by atoms with Crippen molar-refractivity contribution in [3.63, 3.8) is 0 Å². The fraction of sp³-hybridized carbons (Fsp3) is 0.615. The van der Waals surface area contributed by atoms with Crippen LogP contribution >= 0.6 is 0 Å². The zero-order valence-electron chi connectivity index (χ0n) is 56.8. The summed E-state index contributed by atoms with van der Waals surface area (Å²) in [6, 6.07) is 52.4. The van der Waals surface area contributed by atoms with Gasteiger partial charge in [-0.15, -0.1) is 0 Å². The molecule has 0 N–H and O–H groups in total. The molecule has 0 aliphatic rings. The fourth-order valence-corrected chi connectivity index (χ4v) is 14.6. The molecule has 466 valence electrons. The summed E-state index contributed by atoms with van der Waals surface area (Å²) in [7, 11) is 0. The van der Waals surface area contributed by atoms with Gasteiger partial charge in [0.25, 0.3) is 0 Å². The lowest BCUT2D eigenvalue weighted by Gasteiger charge is -2.40. The Labute approximate surface area is 518 Å². The molecule has 0 fully saturated rings. The third kappa shape index (κ3) is 18.0. The first-order valence-electron chi connectivity index (χ1n) is 35.3. The van der Waals surface area contributed by atoms with Gasteiger partial charge in [-0.3, -0.25) is 0 Å². The molecule has 0 saturated carbocycles. The smallest absolute Gasteiger partial charge is 0.0463 e. The van der Waals surface area contributed by atoms with Crippen molar-refractivity contribution >= 4 is 56.9 Å². The Balaban J connectivity index is 1.74. The molecule has 5 aromatic rings. The van der Waals surface area contributed by atoms with E-state index in [1.165, 1.54) is 148 Å². The Morgan fingerprint density at radius 3 is 0.381 bits per heavy atom. The van der Waals surface area contributed by atoms with E-state index in [1.54, 1.807) is 0 Å². The lowest BCUT2D eigenvalue weighted by Crippen LogP contribution is -2.43. The van der Waals surface area contributed by atoms with E-state index < -0.39 is 0 Å². The van der Waals surface area contributed by atoms with Gasteiger partial charge < -0.3 is 29.4 Å². The van der Waals surface area contributed by atoms with Crippen molar-refractivity contribution < 1.29 is 0 Å². The van der Waals surface area contributed by atoms with Crippen LogP contribution in [0.3, 0.4) is 0 Å². The van der Waals surface area contributed by atoms with Gasteiger partial charge in [-0.2, -0.15) is 0 Å². The van der Waals surface area contributed by atoms with Crippen LogP contribution in [-0.2, 0) is 0 Å². The third-order valence-corrected chi connectivity index (χ3v) is 18.9. The van der Waals surface area contributed by atoms with Crippen LogP contribution in [0.2, 0.25) is 0 Å². The predicted octanol–water partition coefficient (Wildman–Crippen LogP) is 24.5. The minimum atomic E-state index is 0.524. The third-order valence-electron chi connectivity index (χ3n) is 18.9. The highest BCUT2D eigenvalue weighted by molar-refractivity contribution is 5.83. The molecule has 0 aromatic heterocycles. The average molecular weight is 1150 g/mol. The predicted molar refractivity (Wildman–Crippen MR) is 378 cm³/mol. The first kappa shape index (κ1) is 69.7. The topological polar surface area (TPSA) is 19.4 Å². The summed E-state index contributed by atoms with van der Waals surface area (Å²) in [6.07, 6.45) is 28.5. The molecule has 6 heteroatoms. The van der Waals surface area contributed by atoms with Crippen LogP contribution in [0.25, 0.3) is 0 Å². The van der Waals surface area contributed by atoms with Crippen LogP contribution < -0.4 is 29.4 Å². The maximum absolute atomic E-state index is 2.80. The van der Waals surface area contributed by atoms with Crippen LogP contribution in [0.1, 0.15) is 265 Å². The summed E-state index contributed by atoms with van der Waals surface area (Å²) < 4.78 is 0. The van der Waals surface area contributed by atoms with E-state index in [1.807, 2.05) is 0 Å². The van der Waals surface area contributed by atoms with E-state index in [0.717, 1.165) is 62.7 Å². The second kappa shape index (κ2) is 37.5. The summed E-state index contributed by atoms with van der Waals surface area (Å²) in [5, 5.41) is 0. The van der Waals surface area contributed by atoms with Crippen LogP contribution in [0.5, 0.6) is 0 Å². The molecular weight excluding hydrogens is 1020 g/mol. The van der Waals surface area contributed by atoms with Crippen molar-refractivity contribution in [3.8, 4) is 0 Å². The van der Waals surface area contributed by atoms with Crippen molar-refractivity contribution in [2.75, 3.05) is 29.4 Å². The van der Waals surface area contributed by atoms with Crippen molar-refractivity contribution in [1.29, 1.82) is 0 Å². The van der Waals surface area contributed by atoms with E-state index in [9.17, 15) is 0 Å². The molecule has 84 heavy (non-hydrogen) atoms. The first-order chi connectivity index (χ1) is 41.0. The SMILES string of the molecule is CCCC(CC)N(c1ccc(N(c2ccc(N(c3ccc(N(C(CC)CCC)C(CC)CCC)cc3)c3ccc(N(C(CC)CCC)C(CC)CCC)cc3)cc2)c2ccc(N(C(CC)CCC)C(CC)CCC)cc2)cc1)C(CC)CCC. The van der Waals surface area contributed by atoms with E-state index >= 15 is 0 Å². The number of anilines is 10. The van der Waals surface area contributed by atoms with Crippen LogP contribution in [0, 0.1) is 0 Å². The van der Waals surface area contributed by atoms with Gasteiger partial charge in [0.2, 0.25) is 0 Å². The maximum atomic E-state index is 2.80. The molecule has 0 aliphatic heterocycles. The van der Waals surface area contributed by atoms with Crippen LogP contribution in [-0.4, -0.2) is 48.3 Å². The van der Waals surface area contributed by atoms with Gasteiger partial charge in [-0.05, 0) is 224 Å². The molecule has 0 heterocycles. The molecule has 5 rings (SSSR count). The van der Waals surface area contributed by atoms with Gasteiger partial charge in [0.1, 0.15) is 0 Å². The fourth-order valence-electron chi connectivity index (χ4n) is 14.6. The number of hydrogen-bond donors (Lipinski definition) is 0. The van der Waals surface area contributed by atoms with E-state index in [4.69, 9.17) is 0 Å². The monoisotopic (exact) mass is 1140 g/mol. The number of hydrogen-bond acceptors (Lipinski definition) is 6. The van der Waals surface area contributed by atoms with Crippen LogP contribution in [0.4, 0.5) is 56.9 Å². The molecule has 8 unspecified atom stereocenters. The zero-order chi connectivity index (χ0) is 61.0. The lowest BCUT2D eigenvalue weighted by molar-refractivity contribution is 0.436. The number of benzene rings is 5. The van der Waals surface area contributed by atoms with Gasteiger partial charge in [-0.1, -0.05) is 162 Å². The van der Waals surface area contributed by atoms with Gasteiger partial charge in [0, 0.05) is 105 Å². The normalized spacial score (nSPS) is 14.5. The second-order valence-corrected chi connectivity index (χ2v) is 24.7. The molecule has 0 spiro atoms. The standard InChI is InChI=1S/C78H124N6/c1-17-33-61(25-9)79(62(26-10)34-18-2)69-41-49-73(50-42-69)83(74-51-43-70(44-52-74)80(63(27-11)35-19-3)64(28-12)36-20-4)77-57-59-78(60-58-77)84(75-53-45-71(46-54-75)81(65(29-13)37-21-5)66(30-14)38-22-6)76-55-47-72(48-56-76)82(67(31-15)39-23-7)68(32-16)40-24-8/h41-68H,17-40H2,1-16H3. The molecule has 0 bridgehead atoms. The first-order valence-corrected chi connectivity index (χ1v) is 35.3. The quantitative estimate of drug-likeness (QED) is 0.0385. The van der Waals surface area contributed by atoms with Crippen molar-refractivity contribution in [2.45, 2.75) is 313 Å². The molecule has 0 saturated heterocycles. The van der Waals surface area contributed by atoms with E-state index in [0.29, 0.717) is 48.3 Å². The molecular formula is C78H124N6. The Morgan fingerprint density at radius 1 is 0.179 bits per heavy atom. The van der Waals surface area contributed by atoms with Gasteiger partial charge >= 0.3 is 0 Å². The minimum absolute atomic E-state index is 0.524. The summed E-state index contributed by atoms with van der Waals surface area (Å²) >= 11 is 0. The minimum Gasteiger partial charge on any atom is -0.366 e. The molecule has 0 aliphatic carbocycles. The molecule has 8 atom stereocenters. The lowest BCUT2D eigenvalue weighted by atomic mass is 9.98.